The van der Waals surface area contributed by atoms with Crippen LogP contribution < -0.4 is 0 Å². The maximum Gasteiger partial charge on any atom is 0.241 e. The average Bonchev–Trinajstić information content (AvgIpc) is 3.32. The Kier molecular flexibility index (Phi) is 3.58. The van der Waals surface area contributed by atoms with Gasteiger partial charge < -0.3 is 0 Å². The Labute approximate surface area is 159 Å². The SMILES string of the molecule is Cc1c(C)n(C(=O)CSc2n[nH]c3nc4ccccc4n23)c2ccccc12. The van der Waals surface area contributed by atoms with E-state index in [1.165, 1.54) is 11.8 Å². The highest BCUT2D eigenvalue weighted by atomic mass is 32.2. The van der Waals surface area contributed by atoms with E-state index in [9.17, 15) is 4.79 Å². The van der Waals surface area contributed by atoms with Crippen LogP contribution in [0.1, 0.15) is 16.1 Å². The van der Waals surface area contributed by atoms with Gasteiger partial charge in [0.15, 0.2) is 5.16 Å². The third-order valence-corrected chi connectivity index (χ3v) is 5.93. The molecule has 0 amide bonds. The van der Waals surface area contributed by atoms with E-state index in [1.807, 2.05) is 58.4 Å². The summed E-state index contributed by atoms with van der Waals surface area (Å²) in [5.41, 5.74) is 4.98. The first-order chi connectivity index (χ1) is 13.1. The smallest absolute Gasteiger partial charge is 0.241 e. The van der Waals surface area contributed by atoms with E-state index < -0.39 is 0 Å². The number of thioether (sulfide) groups is 1. The van der Waals surface area contributed by atoms with Gasteiger partial charge in [-0.25, -0.2) is 10.1 Å². The van der Waals surface area contributed by atoms with Crippen molar-refractivity contribution in [3.63, 3.8) is 0 Å². The zero-order valence-corrected chi connectivity index (χ0v) is 15.7. The van der Waals surface area contributed by atoms with E-state index in [0.29, 0.717) is 11.5 Å². The molecule has 1 N–H and O–H groups in total. The molecular formula is C20H17N5OS. The van der Waals surface area contributed by atoms with Gasteiger partial charge in [-0.1, -0.05) is 42.1 Å². The molecule has 134 valence electrons. The zero-order chi connectivity index (χ0) is 18.5. The number of nitrogens with zero attached hydrogens (tertiary/aromatic N) is 4. The first-order valence-corrected chi connectivity index (χ1v) is 9.68. The third kappa shape index (κ3) is 2.39. The lowest BCUT2D eigenvalue weighted by molar-refractivity contribution is 0.0945. The number of imidazole rings is 1. The molecule has 2 aromatic carbocycles. The van der Waals surface area contributed by atoms with Crippen LogP contribution in [0.5, 0.6) is 0 Å². The second kappa shape index (κ2) is 5.99. The lowest BCUT2D eigenvalue weighted by Gasteiger charge is -2.06. The molecule has 0 unspecified atom stereocenters. The van der Waals surface area contributed by atoms with Crippen molar-refractivity contribution in [1.82, 2.24) is 24.1 Å². The number of hydrogen-bond donors (Lipinski definition) is 1. The Morgan fingerprint density at radius 1 is 1.07 bits per heavy atom. The molecule has 5 aromatic rings. The summed E-state index contributed by atoms with van der Waals surface area (Å²) < 4.78 is 3.77. The van der Waals surface area contributed by atoms with Crippen molar-refractivity contribution in [3.8, 4) is 0 Å². The number of carbonyl (C=O) groups excluding carboxylic acids is 1. The second-order valence-corrected chi connectivity index (χ2v) is 7.45. The molecule has 5 rings (SSSR count). The molecule has 0 atom stereocenters. The number of rotatable bonds is 3. The largest absolute Gasteiger partial charge is 0.284 e. The van der Waals surface area contributed by atoms with Gasteiger partial charge in [0.1, 0.15) is 0 Å². The highest BCUT2D eigenvalue weighted by Crippen LogP contribution is 2.27. The fourth-order valence-electron chi connectivity index (χ4n) is 3.58. The van der Waals surface area contributed by atoms with Crippen LogP contribution in [0.2, 0.25) is 0 Å². The predicted molar refractivity (Wildman–Crippen MR) is 108 cm³/mol. The van der Waals surface area contributed by atoms with Crippen LogP contribution in [0.3, 0.4) is 0 Å². The van der Waals surface area contributed by atoms with E-state index in [-0.39, 0.29) is 5.91 Å². The molecule has 0 saturated heterocycles. The van der Waals surface area contributed by atoms with Crippen LogP contribution in [0.15, 0.2) is 53.7 Å². The molecular weight excluding hydrogens is 358 g/mol. The minimum atomic E-state index is 0.0439. The summed E-state index contributed by atoms with van der Waals surface area (Å²) in [4.78, 5) is 17.5. The fourth-order valence-corrected chi connectivity index (χ4v) is 4.39. The summed E-state index contributed by atoms with van der Waals surface area (Å²) >= 11 is 1.42. The number of fused-ring (bicyclic) bond motifs is 4. The topological polar surface area (TPSA) is 68.0 Å². The Hall–Kier alpha value is -3.06. The number of carbonyl (C=O) groups is 1. The maximum absolute atomic E-state index is 13.0. The minimum Gasteiger partial charge on any atom is -0.284 e. The van der Waals surface area contributed by atoms with Crippen molar-refractivity contribution in [1.29, 1.82) is 0 Å². The monoisotopic (exact) mass is 375 g/mol. The highest BCUT2D eigenvalue weighted by Gasteiger charge is 2.18. The van der Waals surface area contributed by atoms with E-state index >= 15 is 0 Å². The third-order valence-electron chi connectivity index (χ3n) is 5.00. The molecule has 0 bridgehead atoms. The van der Waals surface area contributed by atoms with Crippen molar-refractivity contribution < 1.29 is 4.79 Å². The van der Waals surface area contributed by atoms with Crippen LogP contribution in [-0.4, -0.2) is 35.8 Å². The lowest BCUT2D eigenvalue weighted by Crippen LogP contribution is -2.15. The van der Waals surface area contributed by atoms with E-state index in [0.717, 1.165) is 38.4 Å². The number of aromatic nitrogens is 5. The van der Waals surface area contributed by atoms with Crippen molar-refractivity contribution in [3.05, 3.63) is 59.8 Å². The molecule has 6 nitrogen and oxygen atoms in total. The van der Waals surface area contributed by atoms with Crippen LogP contribution >= 0.6 is 11.8 Å². The molecule has 0 saturated carbocycles. The van der Waals surface area contributed by atoms with Gasteiger partial charge in [0.2, 0.25) is 11.7 Å². The predicted octanol–water partition coefficient (Wildman–Crippen LogP) is 4.21. The first-order valence-electron chi connectivity index (χ1n) is 8.69. The number of nitrogens with one attached hydrogen (secondary N) is 1. The van der Waals surface area contributed by atoms with Gasteiger partial charge in [-0.2, -0.15) is 0 Å². The number of aromatic amines is 1. The standard InChI is InChI=1S/C20H17N5OS/c1-12-13(2)24(16-9-5-3-7-14(12)16)18(26)11-27-20-23-22-19-21-15-8-4-6-10-17(15)25(19)20/h3-10H,11H2,1-2H3,(H,21,22). The van der Waals surface area contributed by atoms with E-state index in [2.05, 4.69) is 28.2 Å². The Morgan fingerprint density at radius 2 is 1.81 bits per heavy atom. The summed E-state index contributed by atoms with van der Waals surface area (Å²) in [6.45, 7) is 4.05. The number of aryl methyl sites for hydroxylation is 1. The molecule has 0 aliphatic heterocycles. The molecule has 0 radical (unpaired) electrons. The van der Waals surface area contributed by atoms with Crippen molar-refractivity contribution in [2.45, 2.75) is 19.0 Å². The summed E-state index contributed by atoms with van der Waals surface area (Å²) in [6.07, 6.45) is 0. The zero-order valence-electron chi connectivity index (χ0n) is 14.9. The lowest BCUT2D eigenvalue weighted by atomic mass is 10.2. The normalized spacial score (nSPS) is 11.8. The van der Waals surface area contributed by atoms with Gasteiger partial charge in [-0.05, 0) is 37.6 Å². The van der Waals surface area contributed by atoms with Gasteiger partial charge in [0.25, 0.3) is 0 Å². The molecule has 0 fully saturated rings. The summed E-state index contributed by atoms with van der Waals surface area (Å²) in [6, 6.07) is 15.9. The molecule has 3 heterocycles. The molecule has 3 aromatic heterocycles. The van der Waals surface area contributed by atoms with Gasteiger partial charge >= 0.3 is 0 Å². The number of H-pyrrole nitrogens is 1. The molecule has 27 heavy (non-hydrogen) atoms. The minimum absolute atomic E-state index is 0.0439. The summed E-state index contributed by atoms with van der Waals surface area (Å²) in [5.74, 6) is 1.03. The van der Waals surface area contributed by atoms with Crippen LogP contribution in [0.4, 0.5) is 0 Å². The number of benzene rings is 2. The fraction of sp³-hybridized carbons (Fsp3) is 0.150. The van der Waals surface area contributed by atoms with Gasteiger partial charge in [-0.15, -0.1) is 5.10 Å². The second-order valence-electron chi connectivity index (χ2n) is 6.51. The molecule has 0 spiro atoms. The molecule has 7 heteroatoms. The molecule has 0 aliphatic carbocycles. The summed E-state index contributed by atoms with van der Waals surface area (Å²) in [7, 11) is 0. The van der Waals surface area contributed by atoms with Crippen molar-refractivity contribution in [2.24, 2.45) is 0 Å². The van der Waals surface area contributed by atoms with E-state index in [1.54, 1.807) is 0 Å². The van der Waals surface area contributed by atoms with Gasteiger partial charge in [-0.3, -0.25) is 13.8 Å². The number of para-hydroxylation sites is 3. The quantitative estimate of drug-likeness (QED) is 0.480. The van der Waals surface area contributed by atoms with Gasteiger partial charge in [0.05, 0.1) is 22.3 Å². The van der Waals surface area contributed by atoms with E-state index in [4.69, 9.17) is 0 Å². The van der Waals surface area contributed by atoms with Crippen LogP contribution in [0, 0.1) is 13.8 Å². The van der Waals surface area contributed by atoms with Crippen LogP contribution in [-0.2, 0) is 0 Å². The van der Waals surface area contributed by atoms with Crippen LogP contribution in [0.25, 0.3) is 27.7 Å². The number of hydrogen-bond acceptors (Lipinski definition) is 4. The maximum atomic E-state index is 13.0. The first kappa shape index (κ1) is 16.1. The van der Waals surface area contributed by atoms with Gasteiger partial charge in [0, 0.05) is 11.1 Å². The highest BCUT2D eigenvalue weighted by molar-refractivity contribution is 7.99. The van der Waals surface area contributed by atoms with Crippen molar-refractivity contribution >= 4 is 45.4 Å². The Morgan fingerprint density at radius 3 is 2.67 bits per heavy atom. The molecule has 0 aliphatic rings. The Balaban J connectivity index is 1.50. The van der Waals surface area contributed by atoms with Crippen molar-refractivity contribution in [2.75, 3.05) is 5.75 Å². The Bertz CT molecular complexity index is 1330. The average molecular weight is 375 g/mol. The summed E-state index contributed by atoms with van der Waals surface area (Å²) in [5, 5.41) is 9.14.